The fraction of sp³-hybridized carbons (Fsp3) is 0.238. The van der Waals surface area contributed by atoms with Crippen molar-refractivity contribution in [3.8, 4) is 17.2 Å². The third-order valence-electron chi connectivity index (χ3n) is 4.77. The van der Waals surface area contributed by atoms with Crippen molar-refractivity contribution in [1.82, 2.24) is 9.78 Å². The van der Waals surface area contributed by atoms with E-state index in [1.165, 1.54) is 35.1 Å². The molecule has 1 aliphatic heterocycles. The molecule has 2 atom stereocenters. The number of anilines is 1. The van der Waals surface area contributed by atoms with Crippen molar-refractivity contribution in [2.45, 2.75) is 6.10 Å². The Hall–Kier alpha value is -2.94. The van der Waals surface area contributed by atoms with Crippen LogP contribution in [-0.4, -0.2) is 40.7 Å². The minimum Gasteiger partial charge on any atom is -0.457 e. The Morgan fingerprint density at radius 2 is 1.83 bits per heavy atom. The molecule has 3 aromatic rings. The molecule has 1 fully saturated rings. The average Bonchev–Trinajstić information content (AvgIpc) is 3.16. The van der Waals surface area contributed by atoms with E-state index in [1.54, 1.807) is 24.3 Å². The first-order chi connectivity index (χ1) is 14.5. The molecule has 2 N–H and O–H groups in total. The highest BCUT2D eigenvalue weighted by Gasteiger charge is 2.26. The van der Waals surface area contributed by atoms with Gasteiger partial charge in [-0.3, -0.25) is 4.79 Å². The lowest BCUT2D eigenvalue weighted by Gasteiger charge is -2.15. The van der Waals surface area contributed by atoms with Crippen LogP contribution in [0.5, 0.6) is 11.5 Å². The van der Waals surface area contributed by atoms with Gasteiger partial charge in [0.25, 0.3) is 5.56 Å². The molecule has 0 radical (unpaired) electrons. The van der Waals surface area contributed by atoms with Gasteiger partial charge >= 0.3 is 0 Å². The first kappa shape index (κ1) is 20.3. The molecular formula is C21H19ClFN3O4. The summed E-state index contributed by atoms with van der Waals surface area (Å²) in [4.78, 5) is 12.6. The number of hydrogen-bond donors (Lipinski definition) is 2. The maximum Gasteiger partial charge on any atom is 0.292 e. The summed E-state index contributed by atoms with van der Waals surface area (Å²) >= 11 is 6.24. The first-order valence-corrected chi connectivity index (χ1v) is 9.70. The normalized spacial score (nSPS) is 18.4. The Kier molecular flexibility index (Phi) is 5.98. The molecule has 0 unspecified atom stereocenters. The summed E-state index contributed by atoms with van der Waals surface area (Å²) in [6.07, 6.45) is 0.926. The second kappa shape index (κ2) is 8.83. The number of hydrogen-bond acceptors (Lipinski definition) is 6. The van der Waals surface area contributed by atoms with E-state index in [0.717, 1.165) is 0 Å². The molecule has 7 nitrogen and oxygen atoms in total. The van der Waals surface area contributed by atoms with Crippen LogP contribution in [0.1, 0.15) is 0 Å². The van der Waals surface area contributed by atoms with Crippen molar-refractivity contribution in [1.29, 1.82) is 0 Å². The average molecular weight is 432 g/mol. The monoisotopic (exact) mass is 431 g/mol. The van der Waals surface area contributed by atoms with Gasteiger partial charge in [0.15, 0.2) is 0 Å². The summed E-state index contributed by atoms with van der Waals surface area (Å²) in [5.74, 6) is 0.610. The lowest BCUT2D eigenvalue weighted by Crippen LogP contribution is -2.27. The number of nitrogens with one attached hydrogen (secondary N) is 1. The minimum absolute atomic E-state index is 0.00467. The maximum atomic E-state index is 13.0. The lowest BCUT2D eigenvalue weighted by atomic mass is 10.1. The number of halogens is 2. The number of aliphatic hydroxyl groups is 1. The van der Waals surface area contributed by atoms with Crippen LogP contribution in [0, 0.1) is 11.7 Å². The van der Waals surface area contributed by atoms with Crippen LogP contribution >= 0.6 is 11.6 Å². The van der Waals surface area contributed by atoms with Crippen molar-refractivity contribution in [2.75, 3.05) is 25.1 Å². The van der Waals surface area contributed by atoms with Crippen molar-refractivity contribution in [3.63, 3.8) is 0 Å². The maximum absolute atomic E-state index is 13.0. The zero-order valence-electron chi connectivity index (χ0n) is 15.8. The Morgan fingerprint density at radius 3 is 2.47 bits per heavy atom. The Bertz CT molecular complexity index is 1070. The van der Waals surface area contributed by atoms with Gasteiger partial charge in [-0.15, -0.1) is 0 Å². The van der Waals surface area contributed by atoms with Crippen LogP contribution in [-0.2, 0) is 4.74 Å². The predicted octanol–water partition coefficient (Wildman–Crippen LogP) is 3.24. The molecule has 2 aromatic carbocycles. The molecule has 1 aliphatic rings. The molecule has 0 aliphatic carbocycles. The second-order valence-corrected chi connectivity index (χ2v) is 7.26. The highest BCUT2D eigenvalue weighted by molar-refractivity contribution is 6.32. The van der Waals surface area contributed by atoms with Gasteiger partial charge in [-0.2, -0.15) is 9.78 Å². The van der Waals surface area contributed by atoms with E-state index in [9.17, 15) is 14.3 Å². The summed E-state index contributed by atoms with van der Waals surface area (Å²) in [5.41, 5.74) is 0.435. The van der Waals surface area contributed by atoms with E-state index in [1.807, 2.05) is 0 Å². The molecule has 9 heteroatoms. The van der Waals surface area contributed by atoms with E-state index in [4.69, 9.17) is 21.1 Å². The van der Waals surface area contributed by atoms with Gasteiger partial charge in [-0.05, 0) is 48.5 Å². The molecule has 4 rings (SSSR count). The Morgan fingerprint density at radius 1 is 1.17 bits per heavy atom. The molecule has 0 saturated carbocycles. The third-order valence-corrected chi connectivity index (χ3v) is 5.13. The van der Waals surface area contributed by atoms with Crippen LogP contribution in [0.3, 0.4) is 0 Å². The number of ether oxygens (including phenoxy) is 2. The fourth-order valence-corrected chi connectivity index (χ4v) is 3.25. The van der Waals surface area contributed by atoms with Gasteiger partial charge in [0.1, 0.15) is 22.3 Å². The topological polar surface area (TPSA) is 85.6 Å². The third kappa shape index (κ3) is 4.46. The van der Waals surface area contributed by atoms with E-state index < -0.39 is 11.7 Å². The summed E-state index contributed by atoms with van der Waals surface area (Å²) < 4.78 is 25.0. The molecule has 1 saturated heterocycles. The molecule has 0 spiro atoms. The van der Waals surface area contributed by atoms with Gasteiger partial charge in [0.2, 0.25) is 0 Å². The molecular weight excluding hydrogens is 413 g/mol. The molecule has 156 valence electrons. The number of benzene rings is 2. The van der Waals surface area contributed by atoms with Crippen molar-refractivity contribution in [3.05, 3.63) is 75.9 Å². The lowest BCUT2D eigenvalue weighted by molar-refractivity contribution is 0.120. The van der Waals surface area contributed by atoms with Gasteiger partial charge in [-0.25, -0.2) is 4.39 Å². The number of aliphatic hydroxyl groups excluding tert-OH is 1. The van der Waals surface area contributed by atoms with Crippen molar-refractivity contribution < 1.29 is 19.0 Å². The Balaban J connectivity index is 1.47. The molecule has 30 heavy (non-hydrogen) atoms. The first-order valence-electron chi connectivity index (χ1n) is 9.32. The number of nitrogens with zero attached hydrogens (tertiary/aromatic N) is 2. The van der Waals surface area contributed by atoms with Crippen LogP contribution in [0.15, 0.2) is 59.5 Å². The summed E-state index contributed by atoms with van der Waals surface area (Å²) in [6.45, 7) is 1.17. The Labute approximate surface area is 176 Å². The molecule has 0 amide bonds. The molecule has 2 heterocycles. The highest BCUT2D eigenvalue weighted by Crippen LogP contribution is 2.23. The van der Waals surface area contributed by atoms with Crippen molar-refractivity contribution >= 4 is 17.3 Å². The van der Waals surface area contributed by atoms with Crippen LogP contribution in [0.25, 0.3) is 5.69 Å². The van der Waals surface area contributed by atoms with E-state index >= 15 is 0 Å². The number of rotatable bonds is 6. The second-order valence-electron chi connectivity index (χ2n) is 6.88. The van der Waals surface area contributed by atoms with E-state index in [2.05, 4.69) is 10.4 Å². The zero-order chi connectivity index (χ0) is 21.1. The molecule has 0 bridgehead atoms. The summed E-state index contributed by atoms with van der Waals surface area (Å²) in [5, 5.41) is 17.0. The van der Waals surface area contributed by atoms with Gasteiger partial charge in [-0.1, -0.05) is 11.6 Å². The smallest absolute Gasteiger partial charge is 0.292 e. The largest absolute Gasteiger partial charge is 0.457 e. The van der Waals surface area contributed by atoms with Crippen molar-refractivity contribution in [2.24, 2.45) is 5.92 Å². The van der Waals surface area contributed by atoms with Gasteiger partial charge in [0.05, 0.1) is 36.9 Å². The van der Waals surface area contributed by atoms with Gasteiger partial charge in [0, 0.05) is 12.5 Å². The summed E-state index contributed by atoms with van der Waals surface area (Å²) in [6, 6.07) is 12.4. The summed E-state index contributed by atoms with van der Waals surface area (Å²) in [7, 11) is 0. The van der Waals surface area contributed by atoms with E-state index in [-0.39, 0.29) is 16.8 Å². The van der Waals surface area contributed by atoms with Gasteiger partial charge < -0.3 is 19.9 Å². The van der Waals surface area contributed by atoms with Crippen LogP contribution < -0.4 is 15.6 Å². The number of aromatic nitrogens is 2. The highest BCUT2D eigenvalue weighted by atomic mass is 35.5. The van der Waals surface area contributed by atoms with Crippen LogP contribution in [0.2, 0.25) is 5.02 Å². The minimum atomic E-state index is -0.541. The van der Waals surface area contributed by atoms with E-state index in [0.29, 0.717) is 42.6 Å². The molecule has 1 aromatic heterocycles. The fourth-order valence-electron chi connectivity index (χ4n) is 3.06. The standard InChI is InChI=1S/C21H19ClFN3O4/c22-20-18(24-9-13-11-29-12-19(13)27)10-25-26(21(20)28)15-3-7-17(8-4-15)30-16-5-1-14(23)2-6-16/h1-8,10,13,19,24,27H,9,11-12H2/t13-,19+/m0/s1. The zero-order valence-corrected chi connectivity index (χ0v) is 16.6. The quantitative estimate of drug-likeness (QED) is 0.623. The van der Waals surface area contributed by atoms with Crippen LogP contribution in [0.4, 0.5) is 10.1 Å². The SMILES string of the molecule is O=c1c(Cl)c(NC[C@H]2COC[C@H]2O)cnn1-c1ccc(Oc2ccc(F)cc2)cc1. The predicted molar refractivity (Wildman–Crippen MR) is 110 cm³/mol.